The standard InChI is InChI=1S/C10H9Br2FO/c11-8-2-1-6(3-9(8)12)7-4-10(7,13)5-14/h1-3,7,14H,4-5H2. The molecule has 0 bridgehead atoms. The summed E-state index contributed by atoms with van der Waals surface area (Å²) in [5.74, 6) is -0.142. The van der Waals surface area contributed by atoms with E-state index in [0.717, 1.165) is 14.5 Å². The molecule has 76 valence electrons. The number of benzene rings is 1. The van der Waals surface area contributed by atoms with Crippen LogP contribution in [0.1, 0.15) is 17.9 Å². The number of hydrogen-bond donors (Lipinski definition) is 1. The van der Waals surface area contributed by atoms with Crippen LogP contribution in [-0.4, -0.2) is 17.4 Å². The fourth-order valence-corrected chi connectivity index (χ4v) is 2.24. The third-order valence-electron chi connectivity index (χ3n) is 2.62. The van der Waals surface area contributed by atoms with Crippen molar-refractivity contribution in [3.63, 3.8) is 0 Å². The van der Waals surface area contributed by atoms with Crippen LogP contribution in [0.3, 0.4) is 0 Å². The minimum Gasteiger partial charge on any atom is -0.393 e. The molecule has 1 aliphatic carbocycles. The van der Waals surface area contributed by atoms with Gasteiger partial charge in [-0.05, 0) is 56.0 Å². The van der Waals surface area contributed by atoms with Gasteiger partial charge in [-0.1, -0.05) is 6.07 Å². The van der Waals surface area contributed by atoms with Gasteiger partial charge >= 0.3 is 0 Å². The first-order valence-electron chi connectivity index (χ1n) is 4.31. The summed E-state index contributed by atoms with van der Waals surface area (Å²) < 4.78 is 15.4. The van der Waals surface area contributed by atoms with Gasteiger partial charge in [-0.3, -0.25) is 0 Å². The lowest BCUT2D eigenvalue weighted by Gasteiger charge is -2.05. The summed E-state index contributed by atoms with van der Waals surface area (Å²) in [6.07, 6.45) is 0.428. The molecule has 0 radical (unpaired) electrons. The highest BCUT2D eigenvalue weighted by atomic mass is 79.9. The molecule has 4 heteroatoms. The first-order valence-corrected chi connectivity index (χ1v) is 5.90. The molecule has 1 nitrogen and oxygen atoms in total. The van der Waals surface area contributed by atoms with Crippen LogP contribution in [0.2, 0.25) is 0 Å². The fourth-order valence-electron chi connectivity index (χ4n) is 1.60. The molecule has 2 atom stereocenters. The Balaban J connectivity index is 2.24. The van der Waals surface area contributed by atoms with Gasteiger partial charge in [0.15, 0.2) is 0 Å². The minimum absolute atomic E-state index is 0.142. The minimum atomic E-state index is -1.38. The number of halogens is 3. The zero-order chi connectivity index (χ0) is 10.3. The van der Waals surface area contributed by atoms with Crippen LogP contribution in [-0.2, 0) is 0 Å². The van der Waals surface area contributed by atoms with Crippen molar-refractivity contribution in [1.82, 2.24) is 0 Å². The van der Waals surface area contributed by atoms with Crippen molar-refractivity contribution in [2.24, 2.45) is 0 Å². The van der Waals surface area contributed by atoms with Gasteiger partial charge in [-0.15, -0.1) is 0 Å². The molecule has 1 N–H and O–H groups in total. The second-order valence-electron chi connectivity index (χ2n) is 3.62. The lowest BCUT2D eigenvalue weighted by molar-refractivity contribution is 0.155. The molecule has 2 unspecified atom stereocenters. The topological polar surface area (TPSA) is 20.2 Å². The summed E-state index contributed by atoms with van der Waals surface area (Å²) >= 11 is 6.72. The molecule has 1 aromatic carbocycles. The van der Waals surface area contributed by atoms with Crippen molar-refractivity contribution in [3.05, 3.63) is 32.7 Å². The summed E-state index contributed by atoms with van der Waals surface area (Å²) in [5.41, 5.74) is -0.440. The Morgan fingerprint density at radius 1 is 1.43 bits per heavy atom. The van der Waals surface area contributed by atoms with E-state index in [-0.39, 0.29) is 12.5 Å². The van der Waals surface area contributed by atoms with Crippen molar-refractivity contribution >= 4 is 31.9 Å². The van der Waals surface area contributed by atoms with E-state index >= 15 is 0 Å². The second-order valence-corrected chi connectivity index (χ2v) is 5.33. The summed E-state index contributed by atoms with van der Waals surface area (Å²) in [6, 6.07) is 5.66. The zero-order valence-corrected chi connectivity index (χ0v) is 10.5. The maximum Gasteiger partial charge on any atom is 0.141 e. The van der Waals surface area contributed by atoms with Crippen molar-refractivity contribution in [3.8, 4) is 0 Å². The van der Waals surface area contributed by atoms with Gasteiger partial charge in [0.25, 0.3) is 0 Å². The Morgan fingerprint density at radius 3 is 2.64 bits per heavy atom. The maximum atomic E-state index is 13.5. The van der Waals surface area contributed by atoms with Crippen LogP contribution in [0.15, 0.2) is 27.1 Å². The Morgan fingerprint density at radius 2 is 2.14 bits per heavy atom. The fraction of sp³-hybridized carbons (Fsp3) is 0.400. The van der Waals surface area contributed by atoms with Crippen LogP contribution in [0, 0.1) is 0 Å². The van der Waals surface area contributed by atoms with Crippen LogP contribution >= 0.6 is 31.9 Å². The molecule has 1 aromatic rings. The van der Waals surface area contributed by atoms with E-state index in [4.69, 9.17) is 5.11 Å². The van der Waals surface area contributed by atoms with Gasteiger partial charge in [-0.25, -0.2) is 4.39 Å². The predicted molar refractivity (Wildman–Crippen MR) is 60.1 cm³/mol. The second kappa shape index (κ2) is 3.58. The van der Waals surface area contributed by atoms with Gasteiger partial charge in [0.1, 0.15) is 5.67 Å². The molecule has 0 aromatic heterocycles. The average Bonchev–Trinajstić information content (AvgIpc) is 2.84. The number of rotatable bonds is 2. The van der Waals surface area contributed by atoms with E-state index in [9.17, 15) is 4.39 Å². The molecular weight excluding hydrogens is 315 g/mol. The number of aliphatic hydroxyl groups excluding tert-OH is 1. The van der Waals surface area contributed by atoms with Crippen LogP contribution in [0.5, 0.6) is 0 Å². The van der Waals surface area contributed by atoms with E-state index < -0.39 is 5.67 Å². The number of hydrogen-bond acceptors (Lipinski definition) is 1. The van der Waals surface area contributed by atoms with Crippen molar-refractivity contribution in [2.75, 3.05) is 6.61 Å². The summed E-state index contributed by atoms with van der Waals surface area (Å²) in [6.45, 7) is -0.384. The molecule has 2 rings (SSSR count). The molecule has 1 aliphatic rings. The number of aliphatic hydroxyl groups is 1. The average molecular weight is 324 g/mol. The highest BCUT2D eigenvalue weighted by Gasteiger charge is 2.55. The molecule has 14 heavy (non-hydrogen) atoms. The number of alkyl halides is 1. The van der Waals surface area contributed by atoms with Gasteiger partial charge in [0, 0.05) is 14.9 Å². The SMILES string of the molecule is OCC1(F)CC1c1ccc(Br)c(Br)c1. The molecule has 0 saturated heterocycles. The van der Waals surface area contributed by atoms with E-state index in [0.29, 0.717) is 6.42 Å². The maximum absolute atomic E-state index is 13.5. The smallest absolute Gasteiger partial charge is 0.141 e. The largest absolute Gasteiger partial charge is 0.393 e. The Bertz CT molecular complexity index is 369. The highest BCUT2D eigenvalue weighted by molar-refractivity contribution is 9.13. The molecule has 1 fully saturated rings. The van der Waals surface area contributed by atoms with Gasteiger partial charge in [-0.2, -0.15) is 0 Å². The Labute approximate surface area is 98.6 Å². The zero-order valence-electron chi connectivity index (χ0n) is 7.30. The van der Waals surface area contributed by atoms with Crippen molar-refractivity contribution in [2.45, 2.75) is 18.0 Å². The summed E-state index contributed by atoms with van der Waals surface area (Å²) in [5, 5.41) is 8.82. The lowest BCUT2D eigenvalue weighted by atomic mass is 10.1. The van der Waals surface area contributed by atoms with Crippen LogP contribution in [0.25, 0.3) is 0 Å². The van der Waals surface area contributed by atoms with Crippen LogP contribution < -0.4 is 0 Å². The normalized spacial score (nSPS) is 30.4. The van der Waals surface area contributed by atoms with E-state index in [1.54, 1.807) is 0 Å². The quantitative estimate of drug-likeness (QED) is 0.884. The molecule has 0 amide bonds. The van der Waals surface area contributed by atoms with Crippen LogP contribution in [0.4, 0.5) is 4.39 Å². The molecule has 0 aliphatic heterocycles. The molecular formula is C10H9Br2FO. The summed E-state index contributed by atoms with van der Waals surface area (Å²) in [4.78, 5) is 0. The monoisotopic (exact) mass is 322 g/mol. The first-order chi connectivity index (χ1) is 6.57. The third-order valence-corrected chi connectivity index (χ3v) is 4.50. The van der Waals surface area contributed by atoms with E-state index in [1.165, 1.54) is 0 Å². The van der Waals surface area contributed by atoms with E-state index in [1.807, 2.05) is 18.2 Å². The molecule has 1 saturated carbocycles. The van der Waals surface area contributed by atoms with Gasteiger partial charge in [0.2, 0.25) is 0 Å². The third kappa shape index (κ3) is 1.75. The van der Waals surface area contributed by atoms with Gasteiger partial charge in [0.05, 0.1) is 6.61 Å². The van der Waals surface area contributed by atoms with E-state index in [2.05, 4.69) is 31.9 Å². The molecule has 0 spiro atoms. The Kier molecular flexibility index (Phi) is 2.70. The predicted octanol–water partition coefficient (Wildman–Crippen LogP) is 3.40. The lowest BCUT2D eigenvalue weighted by Crippen LogP contribution is -2.09. The summed E-state index contributed by atoms with van der Waals surface area (Å²) in [7, 11) is 0. The Hall–Kier alpha value is 0.0700. The van der Waals surface area contributed by atoms with Gasteiger partial charge < -0.3 is 5.11 Å². The van der Waals surface area contributed by atoms with Crippen molar-refractivity contribution < 1.29 is 9.50 Å². The first kappa shape index (κ1) is 10.6. The highest BCUT2D eigenvalue weighted by Crippen LogP contribution is 2.54. The molecule has 0 heterocycles. The van der Waals surface area contributed by atoms with Crippen molar-refractivity contribution in [1.29, 1.82) is 0 Å².